The van der Waals surface area contributed by atoms with Crippen molar-refractivity contribution in [1.82, 2.24) is 5.32 Å². The highest BCUT2D eigenvalue weighted by Crippen LogP contribution is 2.30. The number of hydrogen-bond acceptors (Lipinski definition) is 3. The summed E-state index contributed by atoms with van der Waals surface area (Å²) < 4.78 is 10.6. The topological polar surface area (TPSA) is 30.5 Å². The van der Waals surface area contributed by atoms with Crippen molar-refractivity contribution in [2.75, 3.05) is 14.2 Å². The van der Waals surface area contributed by atoms with Crippen molar-refractivity contribution in [3.8, 4) is 11.5 Å². The van der Waals surface area contributed by atoms with E-state index in [1.54, 1.807) is 14.2 Å². The molecule has 3 nitrogen and oxygen atoms in total. The van der Waals surface area contributed by atoms with Gasteiger partial charge in [0, 0.05) is 12.6 Å². The summed E-state index contributed by atoms with van der Waals surface area (Å²) in [4.78, 5) is 0. The molecule has 1 N–H and O–H groups in total. The Balaban J connectivity index is 1.96. The molecule has 1 saturated carbocycles. The smallest absolute Gasteiger partial charge is 0.161 e. The van der Waals surface area contributed by atoms with E-state index in [0.717, 1.165) is 29.9 Å². The van der Waals surface area contributed by atoms with Gasteiger partial charge in [-0.15, -0.1) is 0 Å². The summed E-state index contributed by atoms with van der Waals surface area (Å²) in [6.45, 7) is 5.63. The van der Waals surface area contributed by atoms with Crippen LogP contribution in [0.3, 0.4) is 0 Å². The highest BCUT2D eigenvalue weighted by molar-refractivity contribution is 5.42. The van der Waals surface area contributed by atoms with Crippen molar-refractivity contribution in [1.29, 1.82) is 0 Å². The fourth-order valence-corrected chi connectivity index (χ4v) is 3.11. The molecule has 3 heteroatoms. The lowest BCUT2D eigenvalue weighted by Crippen LogP contribution is -2.40. The first-order valence-electron chi connectivity index (χ1n) is 7.60. The summed E-state index contributed by atoms with van der Waals surface area (Å²) in [7, 11) is 3.35. The van der Waals surface area contributed by atoms with E-state index in [4.69, 9.17) is 9.47 Å². The molecule has 1 fully saturated rings. The Morgan fingerprint density at radius 3 is 2.55 bits per heavy atom. The largest absolute Gasteiger partial charge is 0.493 e. The summed E-state index contributed by atoms with van der Waals surface area (Å²) >= 11 is 0. The van der Waals surface area contributed by atoms with Crippen LogP contribution < -0.4 is 14.8 Å². The summed E-state index contributed by atoms with van der Waals surface area (Å²) in [5, 5.41) is 3.71. The molecule has 0 bridgehead atoms. The Morgan fingerprint density at radius 1 is 1.10 bits per heavy atom. The molecule has 0 aromatic heterocycles. The highest BCUT2D eigenvalue weighted by Gasteiger charge is 2.26. The molecular weight excluding hydrogens is 250 g/mol. The predicted octanol–water partition coefficient (Wildman–Crippen LogP) is 3.62. The van der Waals surface area contributed by atoms with E-state index in [1.165, 1.54) is 24.8 Å². The van der Waals surface area contributed by atoms with Gasteiger partial charge in [-0.1, -0.05) is 32.8 Å². The number of ether oxygens (including phenoxy) is 2. The first-order valence-corrected chi connectivity index (χ1v) is 7.60. The molecule has 3 atom stereocenters. The van der Waals surface area contributed by atoms with Crippen molar-refractivity contribution in [3.05, 3.63) is 23.8 Å². The van der Waals surface area contributed by atoms with Gasteiger partial charge in [0.1, 0.15) is 0 Å². The van der Waals surface area contributed by atoms with Gasteiger partial charge in [0.2, 0.25) is 0 Å². The Hall–Kier alpha value is -1.22. The second kappa shape index (κ2) is 6.98. The summed E-state index contributed by atoms with van der Waals surface area (Å²) in [6, 6.07) is 6.77. The molecule has 0 aliphatic heterocycles. The maximum Gasteiger partial charge on any atom is 0.161 e. The van der Waals surface area contributed by atoms with E-state index in [-0.39, 0.29) is 0 Å². The Bertz CT molecular complexity index is 433. The van der Waals surface area contributed by atoms with E-state index < -0.39 is 0 Å². The zero-order valence-corrected chi connectivity index (χ0v) is 13.1. The molecule has 112 valence electrons. The predicted molar refractivity (Wildman–Crippen MR) is 82.4 cm³/mol. The van der Waals surface area contributed by atoms with Crippen LogP contribution in [0.4, 0.5) is 0 Å². The summed E-state index contributed by atoms with van der Waals surface area (Å²) in [6.07, 6.45) is 4.00. The van der Waals surface area contributed by atoms with Gasteiger partial charge in [-0.25, -0.2) is 0 Å². The molecule has 1 aliphatic carbocycles. The molecule has 1 aromatic rings. The SMILES string of the molecule is COc1ccc(CN[C@H]2CCC[C@H](C)[C@H]2C)cc1OC. The molecular formula is C17H27NO2. The third-order valence-corrected chi connectivity index (χ3v) is 4.72. The van der Waals surface area contributed by atoms with Crippen molar-refractivity contribution in [2.45, 2.75) is 45.7 Å². The van der Waals surface area contributed by atoms with Gasteiger partial charge in [0.25, 0.3) is 0 Å². The number of nitrogens with one attached hydrogen (secondary N) is 1. The van der Waals surface area contributed by atoms with Crippen LogP contribution in [0.5, 0.6) is 11.5 Å². The second-order valence-electron chi connectivity index (χ2n) is 5.94. The van der Waals surface area contributed by atoms with Crippen LogP contribution in [0.2, 0.25) is 0 Å². The normalized spacial score (nSPS) is 26.3. The molecule has 2 rings (SSSR count). The van der Waals surface area contributed by atoms with Crippen LogP contribution in [0, 0.1) is 11.8 Å². The van der Waals surface area contributed by atoms with Crippen LogP contribution in [-0.4, -0.2) is 20.3 Å². The van der Waals surface area contributed by atoms with Gasteiger partial charge < -0.3 is 14.8 Å². The third kappa shape index (κ3) is 3.45. The van der Waals surface area contributed by atoms with Crippen LogP contribution >= 0.6 is 0 Å². The number of benzene rings is 1. The van der Waals surface area contributed by atoms with Crippen molar-refractivity contribution in [2.24, 2.45) is 11.8 Å². The molecule has 0 saturated heterocycles. The van der Waals surface area contributed by atoms with E-state index in [9.17, 15) is 0 Å². The van der Waals surface area contributed by atoms with E-state index >= 15 is 0 Å². The first-order chi connectivity index (χ1) is 9.65. The molecule has 0 radical (unpaired) electrons. The molecule has 0 heterocycles. The van der Waals surface area contributed by atoms with Crippen molar-refractivity contribution >= 4 is 0 Å². The Kier molecular flexibility index (Phi) is 5.30. The third-order valence-electron chi connectivity index (χ3n) is 4.72. The average Bonchev–Trinajstić information content (AvgIpc) is 2.48. The van der Waals surface area contributed by atoms with Gasteiger partial charge in [0.15, 0.2) is 11.5 Å². The fourth-order valence-electron chi connectivity index (χ4n) is 3.11. The minimum atomic E-state index is 0.631. The molecule has 1 aromatic carbocycles. The number of rotatable bonds is 5. The van der Waals surface area contributed by atoms with Crippen LogP contribution in [0.1, 0.15) is 38.7 Å². The fraction of sp³-hybridized carbons (Fsp3) is 0.647. The molecule has 20 heavy (non-hydrogen) atoms. The van der Waals surface area contributed by atoms with Crippen LogP contribution in [0.25, 0.3) is 0 Å². The van der Waals surface area contributed by atoms with Gasteiger partial charge in [-0.3, -0.25) is 0 Å². The van der Waals surface area contributed by atoms with Crippen molar-refractivity contribution < 1.29 is 9.47 Å². The Morgan fingerprint density at radius 2 is 1.85 bits per heavy atom. The van der Waals surface area contributed by atoms with E-state index in [1.807, 2.05) is 6.07 Å². The average molecular weight is 277 g/mol. The minimum Gasteiger partial charge on any atom is -0.493 e. The maximum absolute atomic E-state index is 5.35. The van der Waals surface area contributed by atoms with Gasteiger partial charge >= 0.3 is 0 Å². The summed E-state index contributed by atoms with van der Waals surface area (Å²) in [5.74, 6) is 3.17. The highest BCUT2D eigenvalue weighted by atomic mass is 16.5. The standard InChI is InChI=1S/C17H27NO2/c1-12-6-5-7-15(13(12)2)18-11-14-8-9-16(19-3)17(10-14)20-4/h8-10,12-13,15,18H,5-7,11H2,1-4H3/t12-,13+,15-/m0/s1. The molecule has 1 aliphatic rings. The maximum atomic E-state index is 5.35. The first kappa shape index (κ1) is 15.2. The van der Waals surface area contributed by atoms with Gasteiger partial charge in [0.05, 0.1) is 14.2 Å². The quantitative estimate of drug-likeness (QED) is 0.891. The summed E-state index contributed by atoms with van der Waals surface area (Å²) in [5.41, 5.74) is 1.24. The lowest BCUT2D eigenvalue weighted by atomic mass is 9.78. The lowest BCUT2D eigenvalue weighted by molar-refractivity contribution is 0.206. The minimum absolute atomic E-state index is 0.631. The monoisotopic (exact) mass is 277 g/mol. The van der Waals surface area contributed by atoms with E-state index in [0.29, 0.717) is 6.04 Å². The second-order valence-corrected chi connectivity index (χ2v) is 5.94. The van der Waals surface area contributed by atoms with Crippen LogP contribution in [-0.2, 0) is 6.54 Å². The molecule has 0 amide bonds. The molecule has 0 unspecified atom stereocenters. The number of methoxy groups -OCH3 is 2. The van der Waals surface area contributed by atoms with Gasteiger partial charge in [-0.2, -0.15) is 0 Å². The molecule has 0 spiro atoms. The number of hydrogen-bond donors (Lipinski definition) is 1. The lowest BCUT2D eigenvalue weighted by Gasteiger charge is -2.34. The van der Waals surface area contributed by atoms with Gasteiger partial charge in [-0.05, 0) is 36.0 Å². The zero-order chi connectivity index (χ0) is 14.5. The zero-order valence-electron chi connectivity index (χ0n) is 13.1. The van der Waals surface area contributed by atoms with E-state index in [2.05, 4.69) is 31.3 Å². The van der Waals surface area contributed by atoms with Crippen molar-refractivity contribution in [3.63, 3.8) is 0 Å². The van der Waals surface area contributed by atoms with Crippen LogP contribution in [0.15, 0.2) is 18.2 Å². The Labute approximate surface area is 122 Å².